The molecule has 0 spiro atoms. The van der Waals surface area contributed by atoms with Gasteiger partial charge in [0.1, 0.15) is 5.75 Å². The van der Waals surface area contributed by atoms with Crippen LogP contribution in [0.3, 0.4) is 0 Å². The van der Waals surface area contributed by atoms with Gasteiger partial charge < -0.3 is 9.30 Å². The molecule has 0 N–H and O–H groups in total. The molecular formula is C17H16ClN3OS. The van der Waals surface area contributed by atoms with Crippen LogP contribution in [0.5, 0.6) is 5.75 Å². The molecule has 0 bridgehead atoms. The van der Waals surface area contributed by atoms with Crippen molar-refractivity contribution in [2.24, 2.45) is 7.05 Å². The van der Waals surface area contributed by atoms with E-state index in [0.29, 0.717) is 0 Å². The van der Waals surface area contributed by atoms with Gasteiger partial charge in [0.25, 0.3) is 0 Å². The second kappa shape index (κ2) is 7.06. The van der Waals surface area contributed by atoms with E-state index < -0.39 is 0 Å². The van der Waals surface area contributed by atoms with Crippen molar-refractivity contribution >= 4 is 23.4 Å². The number of thioether (sulfide) groups is 1. The summed E-state index contributed by atoms with van der Waals surface area (Å²) in [7, 11) is 3.62. The normalized spacial score (nSPS) is 10.7. The first-order valence-electron chi connectivity index (χ1n) is 7.09. The number of ether oxygens (including phenoxy) is 1. The van der Waals surface area contributed by atoms with E-state index in [1.807, 2.05) is 60.1 Å². The van der Waals surface area contributed by atoms with Crippen LogP contribution in [0, 0.1) is 0 Å². The number of methoxy groups -OCH3 is 1. The summed E-state index contributed by atoms with van der Waals surface area (Å²) >= 11 is 7.55. The fraction of sp³-hybridized carbons (Fsp3) is 0.176. The van der Waals surface area contributed by atoms with Gasteiger partial charge in [-0.25, -0.2) is 0 Å². The summed E-state index contributed by atoms with van der Waals surface area (Å²) in [6.45, 7) is 0. The number of nitrogens with zero attached hydrogens (tertiary/aromatic N) is 3. The van der Waals surface area contributed by atoms with Crippen LogP contribution in [0.2, 0.25) is 5.02 Å². The molecule has 2 aromatic carbocycles. The maximum atomic E-state index is 5.91. The van der Waals surface area contributed by atoms with Crippen molar-refractivity contribution in [1.82, 2.24) is 14.8 Å². The molecule has 0 unspecified atom stereocenters. The molecule has 3 aromatic rings. The van der Waals surface area contributed by atoms with Crippen molar-refractivity contribution in [1.29, 1.82) is 0 Å². The van der Waals surface area contributed by atoms with Crippen LogP contribution < -0.4 is 4.74 Å². The third-order valence-corrected chi connectivity index (χ3v) is 4.81. The highest BCUT2D eigenvalue weighted by molar-refractivity contribution is 7.98. The molecule has 0 radical (unpaired) electrons. The summed E-state index contributed by atoms with van der Waals surface area (Å²) in [5.74, 6) is 2.40. The molecule has 3 rings (SSSR count). The van der Waals surface area contributed by atoms with Crippen LogP contribution in [0.1, 0.15) is 5.56 Å². The number of benzene rings is 2. The Labute approximate surface area is 144 Å². The lowest BCUT2D eigenvalue weighted by molar-refractivity contribution is 0.416. The number of hydrogen-bond acceptors (Lipinski definition) is 4. The minimum absolute atomic E-state index is 0.746. The Balaban J connectivity index is 1.80. The summed E-state index contributed by atoms with van der Waals surface area (Å²) in [5, 5.41) is 10.2. The Hall–Kier alpha value is -1.98. The van der Waals surface area contributed by atoms with Gasteiger partial charge in [-0.3, -0.25) is 0 Å². The first-order chi connectivity index (χ1) is 11.2. The van der Waals surface area contributed by atoms with Gasteiger partial charge in [-0.1, -0.05) is 47.6 Å². The predicted octanol–water partition coefficient (Wildman–Crippen LogP) is 4.44. The summed E-state index contributed by atoms with van der Waals surface area (Å²) in [5.41, 5.74) is 2.13. The zero-order valence-electron chi connectivity index (χ0n) is 12.9. The van der Waals surface area contributed by atoms with Gasteiger partial charge in [0.2, 0.25) is 0 Å². The predicted molar refractivity (Wildman–Crippen MR) is 94.0 cm³/mol. The third kappa shape index (κ3) is 3.51. The molecule has 23 heavy (non-hydrogen) atoms. The lowest BCUT2D eigenvalue weighted by atomic mass is 10.2. The van der Waals surface area contributed by atoms with Gasteiger partial charge in [-0.2, -0.15) is 0 Å². The van der Waals surface area contributed by atoms with E-state index in [-0.39, 0.29) is 0 Å². The molecule has 0 amide bonds. The van der Waals surface area contributed by atoms with Crippen LogP contribution in [0.4, 0.5) is 0 Å². The Morgan fingerprint density at radius 3 is 2.57 bits per heavy atom. The molecule has 6 heteroatoms. The second-order valence-corrected chi connectivity index (χ2v) is 6.36. The van der Waals surface area contributed by atoms with Crippen molar-refractivity contribution < 1.29 is 4.74 Å². The summed E-state index contributed by atoms with van der Waals surface area (Å²) < 4.78 is 7.39. The van der Waals surface area contributed by atoms with E-state index in [1.165, 1.54) is 5.56 Å². The molecule has 0 aliphatic heterocycles. The Morgan fingerprint density at radius 2 is 1.83 bits per heavy atom. The molecular weight excluding hydrogens is 330 g/mol. The third-order valence-electron chi connectivity index (χ3n) is 3.46. The standard InChI is InChI=1S/C17H16ClN3OS/c1-21-16(14-5-3-4-6-15(14)22-2)19-20-17(21)23-11-12-7-9-13(18)10-8-12/h3-10H,11H2,1-2H3. The highest BCUT2D eigenvalue weighted by Gasteiger charge is 2.14. The quantitative estimate of drug-likeness (QED) is 0.641. The summed E-state index contributed by atoms with van der Waals surface area (Å²) in [6, 6.07) is 15.6. The topological polar surface area (TPSA) is 39.9 Å². The van der Waals surface area contributed by atoms with E-state index in [4.69, 9.17) is 16.3 Å². The Kier molecular flexibility index (Phi) is 4.88. The van der Waals surface area contributed by atoms with Gasteiger partial charge in [-0.15, -0.1) is 10.2 Å². The van der Waals surface area contributed by atoms with Crippen LogP contribution in [-0.2, 0) is 12.8 Å². The maximum absolute atomic E-state index is 5.91. The van der Waals surface area contributed by atoms with Crippen LogP contribution in [0.25, 0.3) is 11.4 Å². The average Bonchev–Trinajstić information content (AvgIpc) is 2.95. The molecule has 0 aliphatic carbocycles. The molecule has 0 fully saturated rings. The van der Waals surface area contributed by atoms with E-state index in [9.17, 15) is 0 Å². The van der Waals surface area contributed by atoms with Gasteiger partial charge in [0.05, 0.1) is 12.7 Å². The van der Waals surface area contributed by atoms with Crippen LogP contribution >= 0.6 is 23.4 Å². The minimum atomic E-state index is 0.746. The van der Waals surface area contributed by atoms with E-state index in [0.717, 1.165) is 33.1 Å². The molecule has 0 atom stereocenters. The summed E-state index contributed by atoms with van der Waals surface area (Å²) in [4.78, 5) is 0. The van der Waals surface area contributed by atoms with Gasteiger partial charge in [0.15, 0.2) is 11.0 Å². The fourth-order valence-corrected chi connectivity index (χ4v) is 3.23. The number of para-hydroxylation sites is 1. The Morgan fingerprint density at radius 1 is 1.09 bits per heavy atom. The lowest BCUT2D eigenvalue weighted by Gasteiger charge is -2.08. The molecule has 0 saturated heterocycles. The lowest BCUT2D eigenvalue weighted by Crippen LogP contribution is -1.97. The van der Waals surface area contributed by atoms with Crippen LogP contribution in [-0.4, -0.2) is 21.9 Å². The Bertz CT molecular complexity index is 802. The number of hydrogen-bond donors (Lipinski definition) is 0. The highest BCUT2D eigenvalue weighted by Crippen LogP contribution is 2.30. The van der Waals surface area contributed by atoms with Crippen molar-refractivity contribution in [3.8, 4) is 17.1 Å². The molecule has 118 valence electrons. The molecule has 4 nitrogen and oxygen atoms in total. The van der Waals surface area contributed by atoms with Crippen molar-refractivity contribution in [3.05, 3.63) is 59.1 Å². The second-order valence-electron chi connectivity index (χ2n) is 4.98. The maximum Gasteiger partial charge on any atom is 0.191 e. The van der Waals surface area contributed by atoms with E-state index in [1.54, 1.807) is 18.9 Å². The first-order valence-corrected chi connectivity index (χ1v) is 8.45. The fourth-order valence-electron chi connectivity index (χ4n) is 2.23. The van der Waals surface area contributed by atoms with Crippen molar-refractivity contribution in [3.63, 3.8) is 0 Å². The zero-order valence-corrected chi connectivity index (χ0v) is 14.4. The van der Waals surface area contributed by atoms with Gasteiger partial charge in [-0.05, 0) is 29.8 Å². The monoisotopic (exact) mass is 345 g/mol. The molecule has 1 aromatic heterocycles. The van der Waals surface area contributed by atoms with Gasteiger partial charge in [0, 0.05) is 17.8 Å². The number of aromatic nitrogens is 3. The molecule has 1 heterocycles. The highest BCUT2D eigenvalue weighted by atomic mass is 35.5. The van der Waals surface area contributed by atoms with Crippen molar-refractivity contribution in [2.45, 2.75) is 10.9 Å². The van der Waals surface area contributed by atoms with Crippen LogP contribution in [0.15, 0.2) is 53.7 Å². The zero-order chi connectivity index (χ0) is 16.2. The number of rotatable bonds is 5. The van der Waals surface area contributed by atoms with E-state index in [2.05, 4.69) is 10.2 Å². The first kappa shape index (κ1) is 15.9. The largest absolute Gasteiger partial charge is 0.496 e. The van der Waals surface area contributed by atoms with Crippen molar-refractivity contribution in [2.75, 3.05) is 7.11 Å². The smallest absolute Gasteiger partial charge is 0.191 e. The molecule has 0 aliphatic rings. The number of halogens is 1. The minimum Gasteiger partial charge on any atom is -0.496 e. The molecule has 0 saturated carbocycles. The van der Waals surface area contributed by atoms with Gasteiger partial charge >= 0.3 is 0 Å². The summed E-state index contributed by atoms with van der Waals surface area (Å²) in [6.07, 6.45) is 0. The SMILES string of the molecule is COc1ccccc1-c1nnc(SCc2ccc(Cl)cc2)n1C. The average molecular weight is 346 g/mol. The van der Waals surface area contributed by atoms with E-state index >= 15 is 0 Å².